The Morgan fingerprint density at radius 2 is 2.10 bits per heavy atom. The average Bonchev–Trinajstić information content (AvgIpc) is 3.46. The van der Waals surface area contributed by atoms with Crippen molar-refractivity contribution in [3.63, 3.8) is 0 Å². The van der Waals surface area contributed by atoms with Crippen LogP contribution in [-0.2, 0) is 21.2 Å². The number of amides is 2. The lowest BCUT2D eigenvalue weighted by Crippen LogP contribution is -2.41. The standard InChI is InChI=1S/C24H22ClFN6O5S2/c1-39(36,37)9-8-27-24(35)22-29-21(30-23(34)19-13-4-2-3-5-16(13)38-31-19)20-18(28-17(33)11-32(20)22)14-10-12(26)6-7-15(14)25/h2-7,10,18,24,27,35H,8-9,11H2,1H3,(H,28,33)(H,30,34). The van der Waals surface area contributed by atoms with E-state index in [0.29, 0.717) is 5.39 Å². The maximum Gasteiger partial charge on any atom is 0.277 e. The molecule has 1 aliphatic heterocycles. The van der Waals surface area contributed by atoms with E-state index in [1.807, 2.05) is 12.1 Å². The molecule has 39 heavy (non-hydrogen) atoms. The van der Waals surface area contributed by atoms with Gasteiger partial charge < -0.3 is 20.3 Å². The number of carbonyl (C=O) groups excluding carboxylic acids is 2. The molecule has 11 nitrogen and oxygen atoms in total. The summed E-state index contributed by atoms with van der Waals surface area (Å²) in [5.74, 6) is -1.97. The van der Waals surface area contributed by atoms with E-state index in [4.69, 9.17) is 11.6 Å². The first-order chi connectivity index (χ1) is 18.5. The minimum atomic E-state index is -3.31. The summed E-state index contributed by atoms with van der Waals surface area (Å²) in [5.41, 5.74) is 0.617. The van der Waals surface area contributed by atoms with E-state index < -0.39 is 39.7 Å². The van der Waals surface area contributed by atoms with Gasteiger partial charge in [0.15, 0.2) is 17.9 Å². The second-order valence-electron chi connectivity index (χ2n) is 8.92. The number of halogens is 2. The van der Waals surface area contributed by atoms with Crippen LogP contribution in [0.1, 0.15) is 39.8 Å². The van der Waals surface area contributed by atoms with Gasteiger partial charge in [-0.05, 0) is 35.8 Å². The van der Waals surface area contributed by atoms with Crippen LogP contribution in [0, 0.1) is 5.82 Å². The monoisotopic (exact) mass is 592 g/mol. The number of sulfone groups is 1. The Hall–Kier alpha value is -3.43. The molecule has 3 heterocycles. The molecular weight excluding hydrogens is 571 g/mol. The molecule has 0 fully saturated rings. The molecule has 0 spiro atoms. The minimum absolute atomic E-state index is 0.0126. The van der Waals surface area contributed by atoms with Crippen LogP contribution in [0.3, 0.4) is 0 Å². The number of benzene rings is 2. The highest BCUT2D eigenvalue weighted by atomic mass is 35.5. The fourth-order valence-corrected chi connectivity index (χ4v) is 5.80. The lowest BCUT2D eigenvalue weighted by molar-refractivity contribution is -0.123. The Balaban J connectivity index is 1.58. The number of hydrogen-bond acceptors (Lipinski definition) is 9. The van der Waals surface area contributed by atoms with E-state index in [-0.39, 0.29) is 52.5 Å². The summed E-state index contributed by atoms with van der Waals surface area (Å²) in [5, 5.41) is 19.8. The number of nitrogens with zero attached hydrogens (tertiary/aromatic N) is 3. The number of rotatable bonds is 8. The second kappa shape index (κ2) is 10.6. The fourth-order valence-electron chi connectivity index (χ4n) is 4.31. The van der Waals surface area contributed by atoms with Gasteiger partial charge >= 0.3 is 0 Å². The first-order valence-electron chi connectivity index (χ1n) is 11.6. The Labute approximate surface area is 231 Å². The van der Waals surface area contributed by atoms with E-state index in [2.05, 4.69) is 25.3 Å². The van der Waals surface area contributed by atoms with E-state index in [9.17, 15) is 27.5 Å². The maximum absolute atomic E-state index is 14.2. The summed E-state index contributed by atoms with van der Waals surface area (Å²) in [7, 11) is -3.31. The van der Waals surface area contributed by atoms with Crippen LogP contribution in [0.5, 0.6) is 0 Å². The van der Waals surface area contributed by atoms with E-state index in [1.54, 1.807) is 12.1 Å². The summed E-state index contributed by atoms with van der Waals surface area (Å²) in [4.78, 5) is 30.5. The summed E-state index contributed by atoms with van der Waals surface area (Å²) in [6.45, 7) is -0.374. The van der Waals surface area contributed by atoms with Gasteiger partial charge in [-0.15, -0.1) is 0 Å². The first-order valence-corrected chi connectivity index (χ1v) is 14.8. The Bertz CT molecular complexity index is 1710. The maximum atomic E-state index is 14.2. The quantitative estimate of drug-likeness (QED) is 0.227. The van der Waals surface area contributed by atoms with Gasteiger partial charge in [-0.3, -0.25) is 14.9 Å². The zero-order valence-corrected chi connectivity index (χ0v) is 22.7. The molecule has 0 radical (unpaired) electrons. The average molecular weight is 593 g/mol. The topological polar surface area (TPSA) is 155 Å². The minimum Gasteiger partial charge on any atom is -0.371 e. The Morgan fingerprint density at radius 1 is 1.33 bits per heavy atom. The molecule has 15 heteroatoms. The molecule has 2 unspecified atom stereocenters. The van der Waals surface area contributed by atoms with Crippen molar-refractivity contribution in [3.05, 3.63) is 76.1 Å². The highest BCUT2D eigenvalue weighted by Crippen LogP contribution is 2.37. The second-order valence-corrected chi connectivity index (χ2v) is 12.4. The number of nitrogens with one attached hydrogen (secondary N) is 3. The van der Waals surface area contributed by atoms with Crippen molar-refractivity contribution in [2.75, 3.05) is 23.9 Å². The molecule has 204 valence electrons. The SMILES string of the molecule is CS(=O)(=O)CCNC(O)c1nc(NC(=O)c2nsc3ccccc23)c2n1CC(=O)NC2c1cc(F)ccc1Cl. The smallest absolute Gasteiger partial charge is 0.277 e. The van der Waals surface area contributed by atoms with Crippen LogP contribution >= 0.6 is 23.1 Å². The normalized spacial score (nSPS) is 16.1. The van der Waals surface area contributed by atoms with Crippen LogP contribution in [0.2, 0.25) is 5.02 Å². The van der Waals surface area contributed by atoms with E-state index in [0.717, 1.165) is 28.6 Å². The van der Waals surface area contributed by atoms with Crippen LogP contribution < -0.4 is 16.0 Å². The molecule has 0 saturated heterocycles. The van der Waals surface area contributed by atoms with Crippen molar-refractivity contribution in [2.24, 2.45) is 0 Å². The number of aliphatic hydroxyl groups excluding tert-OH is 1. The highest BCUT2D eigenvalue weighted by Gasteiger charge is 2.36. The van der Waals surface area contributed by atoms with Crippen molar-refractivity contribution in [2.45, 2.75) is 18.8 Å². The number of carbonyl (C=O) groups is 2. The lowest BCUT2D eigenvalue weighted by Gasteiger charge is -2.28. The summed E-state index contributed by atoms with van der Waals surface area (Å²) in [6.07, 6.45) is -0.433. The van der Waals surface area contributed by atoms with Crippen LogP contribution in [0.25, 0.3) is 10.1 Å². The number of aliphatic hydroxyl groups is 1. The molecule has 4 N–H and O–H groups in total. The summed E-state index contributed by atoms with van der Waals surface area (Å²) >= 11 is 7.52. The molecule has 2 amide bonds. The van der Waals surface area contributed by atoms with Crippen molar-refractivity contribution >= 4 is 60.7 Å². The third-order valence-corrected chi connectivity index (χ3v) is 8.18. The number of aromatic nitrogens is 3. The molecule has 5 rings (SSSR count). The molecule has 0 bridgehead atoms. The van der Waals surface area contributed by atoms with Crippen molar-refractivity contribution in [3.8, 4) is 0 Å². The van der Waals surface area contributed by atoms with Gasteiger partial charge in [0, 0.05) is 28.8 Å². The van der Waals surface area contributed by atoms with Crippen LogP contribution in [0.4, 0.5) is 10.2 Å². The molecule has 0 saturated carbocycles. The molecule has 4 aromatic rings. The zero-order valence-electron chi connectivity index (χ0n) is 20.3. The first kappa shape index (κ1) is 27.1. The van der Waals surface area contributed by atoms with Crippen molar-refractivity contribution < 1.29 is 27.5 Å². The van der Waals surface area contributed by atoms with Gasteiger partial charge in [0.05, 0.1) is 22.2 Å². The summed E-state index contributed by atoms with van der Waals surface area (Å²) < 4.78 is 43.7. The predicted octanol–water partition coefficient (Wildman–Crippen LogP) is 2.38. The molecule has 0 aliphatic carbocycles. The Kier molecular flexibility index (Phi) is 7.39. The molecular formula is C24H22ClFN6O5S2. The molecule has 1 aliphatic rings. The van der Waals surface area contributed by atoms with Crippen LogP contribution in [0.15, 0.2) is 42.5 Å². The molecule has 2 aromatic heterocycles. The van der Waals surface area contributed by atoms with E-state index in [1.165, 1.54) is 16.7 Å². The van der Waals surface area contributed by atoms with Gasteiger partial charge in [0.1, 0.15) is 27.9 Å². The van der Waals surface area contributed by atoms with Crippen molar-refractivity contribution in [1.29, 1.82) is 0 Å². The third-order valence-electron chi connectivity index (χ3n) is 6.07. The van der Waals surface area contributed by atoms with Crippen molar-refractivity contribution in [1.82, 2.24) is 24.6 Å². The number of hydrogen-bond donors (Lipinski definition) is 4. The highest BCUT2D eigenvalue weighted by molar-refractivity contribution is 7.90. The summed E-state index contributed by atoms with van der Waals surface area (Å²) in [6, 6.07) is 9.84. The number of anilines is 1. The van der Waals surface area contributed by atoms with Gasteiger partial charge in [-0.1, -0.05) is 29.8 Å². The van der Waals surface area contributed by atoms with Crippen LogP contribution in [-0.4, -0.2) is 57.8 Å². The number of fused-ring (bicyclic) bond motifs is 2. The van der Waals surface area contributed by atoms with Gasteiger partial charge in [0.2, 0.25) is 5.91 Å². The van der Waals surface area contributed by atoms with Gasteiger partial charge in [-0.2, -0.15) is 4.37 Å². The number of imidazole rings is 1. The van der Waals surface area contributed by atoms with E-state index >= 15 is 0 Å². The van der Waals surface area contributed by atoms with Gasteiger partial charge in [0.25, 0.3) is 5.91 Å². The third kappa shape index (κ3) is 5.65. The molecule has 2 aromatic carbocycles. The Morgan fingerprint density at radius 3 is 2.87 bits per heavy atom. The fraction of sp³-hybridized carbons (Fsp3) is 0.250. The van der Waals surface area contributed by atoms with Gasteiger partial charge in [-0.25, -0.2) is 17.8 Å². The molecule has 2 atom stereocenters. The lowest BCUT2D eigenvalue weighted by atomic mass is 10.0. The zero-order chi connectivity index (χ0) is 27.9. The largest absolute Gasteiger partial charge is 0.371 e. The predicted molar refractivity (Wildman–Crippen MR) is 144 cm³/mol.